The predicted octanol–water partition coefficient (Wildman–Crippen LogP) is 3.36. The molecule has 2 aliphatic rings. The van der Waals surface area contributed by atoms with Crippen LogP contribution in [0.4, 0.5) is 0 Å². The lowest BCUT2D eigenvalue weighted by molar-refractivity contribution is -0.121. The monoisotopic (exact) mass is 533 g/mol. The highest BCUT2D eigenvalue weighted by Crippen LogP contribution is 2.29. The van der Waals surface area contributed by atoms with Gasteiger partial charge in [0.1, 0.15) is 0 Å². The van der Waals surface area contributed by atoms with Gasteiger partial charge in [0.2, 0.25) is 5.91 Å². The largest absolute Gasteiger partial charge is 0.356 e. The molecule has 29 heavy (non-hydrogen) atoms. The van der Waals surface area contributed by atoms with Gasteiger partial charge in [0, 0.05) is 37.5 Å². The van der Waals surface area contributed by atoms with Crippen molar-refractivity contribution in [3.8, 4) is 0 Å². The molecule has 1 aromatic heterocycles. The number of likely N-dealkylation sites (tertiary alicyclic amines) is 1. The molecule has 6 nitrogen and oxygen atoms in total. The Labute approximate surface area is 196 Å². The van der Waals surface area contributed by atoms with E-state index in [2.05, 4.69) is 50.3 Å². The van der Waals surface area contributed by atoms with E-state index in [4.69, 9.17) is 0 Å². The van der Waals surface area contributed by atoms with Gasteiger partial charge in [-0.05, 0) is 62.6 Å². The predicted molar refractivity (Wildman–Crippen MR) is 132 cm³/mol. The Kier molecular flexibility index (Phi) is 10.7. The molecule has 1 saturated carbocycles. The van der Waals surface area contributed by atoms with Gasteiger partial charge in [-0.1, -0.05) is 13.0 Å². The van der Waals surface area contributed by atoms with Gasteiger partial charge in [-0.2, -0.15) is 0 Å². The summed E-state index contributed by atoms with van der Waals surface area (Å²) < 4.78 is 0. The van der Waals surface area contributed by atoms with Crippen LogP contribution < -0.4 is 16.0 Å². The fourth-order valence-corrected chi connectivity index (χ4v) is 4.49. The number of rotatable bonds is 9. The Morgan fingerprint density at radius 2 is 2.03 bits per heavy atom. The van der Waals surface area contributed by atoms with Crippen molar-refractivity contribution in [2.45, 2.75) is 57.5 Å². The molecule has 0 spiro atoms. The molecule has 8 heteroatoms. The van der Waals surface area contributed by atoms with E-state index < -0.39 is 0 Å². The second-order valence-corrected chi connectivity index (χ2v) is 9.05. The number of hydrogen-bond donors (Lipinski definition) is 3. The van der Waals surface area contributed by atoms with Gasteiger partial charge in [-0.3, -0.25) is 14.7 Å². The normalized spacial score (nSPS) is 19.3. The van der Waals surface area contributed by atoms with Crippen molar-refractivity contribution in [2.24, 2.45) is 10.9 Å². The second kappa shape index (κ2) is 12.7. The highest BCUT2D eigenvalue weighted by atomic mass is 127. The molecule has 0 bridgehead atoms. The number of thiophene rings is 1. The molecule has 164 valence electrons. The first-order valence-electron chi connectivity index (χ1n) is 10.7. The van der Waals surface area contributed by atoms with Crippen molar-refractivity contribution in [3.05, 3.63) is 22.4 Å². The molecule has 1 amide bonds. The fourth-order valence-electron chi connectivity index (χ4n) is 3.63. The Morgan fingerprint density at radius 1 is 1.28 bits per heavy atom. The van der Waals surface area contributed by atoms with Crippen LogP contribution in [0.1, 0.15) is 56.4 Å². The fraction of sp³-hybridized carbons (Fsp3) is 0.714. The number of amides is 1. The average Bonchev–Trinajstić information content (AvgIpc) is 3.34. The van der Waals surface area contributed by atoms with Crippen LogP contribution in [-0.4, -0.2) is 56.0 Å². The van der Waals surface area contributed by atoms with Crippen LogP contribution in [0, 0.1) is 5.92 Å². The van der Waals surface area contributed by atoms with Gasteiger partial charge in [-0.25, -0.2) is 0 Å². The lowest BCUT2D eigenvalue weighted by Crippen LogP contribution is -2.45. The van der Waals surface area contributed by atoms with E-state index in [-0.39, 0.29) is 29.9 Å². The minimum absolute atomic E-state index is 0. The Bertz CT molecular complexity index is 627. The van der Waals surface area contributed by atoms with E-state index in [1.165, 1.54) is 17.7 Å². The molecule has 3 N–H and O–H groups in total. The van der Waals surface area contributed by atoms with Crippen LogP contribution in [0.3, 0.4) is 0 Å². The molecular weight excluding hydrogens is 497 g/mol. The summed E-state index contributed by atoms with van der Waals surface area (Å²) in [5, 5.41) is 12.0. The Balaban J connectivity index is 0.00000300. The van der Waals surface area contributed by atoms with Crippen LogP contribution >= 0.6 is 35.3 Å². The summed E-state index contributed by atoms with van der Waals surface area (Å²) in [6, 6.07) is 5.21. The van der Waals surface area contributed by atoms with Gasteiger partial charge in [-0.15, -0.1) is 35.3 Å². The van der Waals surface area contributed by atoms with Crippen molar-refractivity contribution in [2.75, 3.05) is 33.2 Å². The third-order valence-electron chi connectivity index (χ3n) is 5.63. The summed E-state index contributed by atoms with van der Waals surface area (Å²) in [6.45, 7) is 6.27. The standard InChI is InChI=1S/C21H35N5OS.HI/c1-16-9-12-26(13-10-16)18(19-5-4-14-28-19)15-24-21(22-2)23-11-3-6-20(27)25-17-7-8-17;/h4-5,14,16-18H,3,6-13,15H2,1-2H3,(H,25,27)(H2,22,23,24);1H. The number of aliphatic imine (C=N–C) groups is 1. The molecule has 1 aliphatic carbocycles. The molecule has 2 fully saturated rings. The van der Waals surface area contributed by atoms with E-state index in [9.17, 15) is 4.79 Å². The van der Waals surface area contributed by atoms with Crippen molar-refractivity contribution < 1.29 is 4.79 Å². The first-order chi connectivity index (χ1) is 13.7. The van der Waals surface area contributed by atoms with Gasteiger partial charge in [0.15, 0.2) is 5.96 Å². The Hall–Kier alpha value is -0.870. The maximum absolute atomic E-state index is 11.8. The molecule has 2 heterocycles. The lowest BCUT2D eigenvalue weighted by atomic mass is 9.97. The maximum Gasteiger partial charge on any atom is 0.220 e. The number of piperidine rings is 1. The summed E-state index contributed by atoms with van der Waals surface area (Å²) in [4.78, 5) is 20.1. The molecule has 0 radical (unpaired) electrons. The molecule has 1 aromatic rings. The van der Waals surface area contributed by atoms with Crippen LogP contribution in [0.15, 0.2) is 22.5 Å². The van der Waals surface area contributed by atoms with Crippen LogP contribution in [0.2, 0.25) is 0 Å². The number of carbonyl (C=O) groups is 1. The van der Waals surface area contributed by atoms with Crippen molar-refractivity contribution in [3.63, 3.8) is 0 Å². The smallest absolute Gasteiger partial charge is 0.220 e. The summed E-state index contributed by atoms with van der Waals surface area (Å²) in [5.41, 5.74) is 0. The van der Waals surface area contributed by atoms with E-state index >= 15 is 0 Å². The zero-order valence-corrected chi connectivity index (χ0v) is 20.8. The first kappa shape index (κ1) is 24.4. The number of nitrogens with zero attached hydrogens (tertiary/aromatic N) is 2. The minimum Gasteiger partial charge on any atom is -0.356 e. The third-order valence-corrected chi connectivity index (χ3v) is 6.61. The molecule has 1 saturated heterocycles. The first-order valence-corrected chi connectivity index (χ1v) is 11.5. The lowest BCUT2D eigenvalue weighted by Gasteiger charge is -2.36. The SMILES string of the molecule is CN=C(NCCCC(=O)NC1CC1)NCC(c1cccs1)N1CCC(C)CC1.I. The molecule has 1 unspecified atom stereocenters. The maximum atomic E-state index is 11.8. The third kappa shape index (κ3) is 8.41. The van der Waals surface area contributed by atoms with Gasteiger partial charge in [0.25, 0.3) is 0 Å². The summed E-state index contributed by atoms with van der Waals surface area (Å²) in [6.07, 6.45) is 6.22. The summed E-state index contributed by atoms with van der Waals surface area (Å²) >= 11 is 1.83. The zero-order valence-electron chi connectivity index (χ0n) is 17.7. The molecule has 3 rings (SSSR count). The van der Waals surface area contributed by atoms with Crippen molar-refractivity contribution in [1.29, 1.82) is 0 Å². The number of guanidine groups is 1. The zero-order chi connectivity index (χ0) is 19.8. The molecule has 1 atom stereocenters. The minimum atomic E-state index is 0. The van der Waals surface area contributed by atoms with E-state index in [0.29, 0.717) is 18.5 Å². The quantitative estimate of drug-likeness (QED) is 0.197. The van der Waals surface area contributed by atoms with E-state index in [0.717, 1.165) is 57.3 Å². The molecule has 1 aliphatic heterocycles. The van der Waals surface area contributed by atoms with Crippen molar-refractivity contribution in [1.82, 2.24) is 20.9 Å². The number of halogens is 1. The van der Waals surface area contributed by atoms with Crippen LogP contribution in [0.25, 0.3) is 0 Å². The molecular formula is C21H36IN5OS. The van der Waals surface area contributed by atoms with Gasteiger partial charge >= 0.3 is 0 Å². The van der Waals surface area contributed by atoms with Crippen LogP contribution in [-0.2, 0) is 4.79 Å². The average molecular weight is 534 g/mol. The summed E-state index contributed by atoms with van der Waals surface area (Å²) in [5.74, 6) is 1.82. The highest BCUT2D eigenvalue weighted by molar-refractivity contribution is 14.0. The van der Waals surface area contributed by atoms with Crippen molar-refractivity contribution >= 4 is 47.2 Å². The number of carbonyl (C=O) groups excluding carboxylic acids is 1. The van der Waals surface area contributed by atoms with Crippen LogP contribution in [0.5, 0.6) is 0 Å². The highest BCUT2D eigenvalue weighted by Gasteiger charge is 2.25. The second-order valence-electron chi connectivity index (χ2n) is 8.07. The van der Waals surface area contributed by atoms with E-state index in [1.54, 1.807) is 7.05 Å². The molecule has 0 aromatic carbocycles. The topological polar surface area (TPSA) is 68.8 Å². The number of hydrogen-bond acceptors (Lipinski definition) is 4. The van der Waals surface area contributed by atoms with Gasteiger partial charge < -0.3 is 16.0 Å². The van der Waals surface area contributed by atoms with Gasteiger partial charge in [0.05, 0.1) is 6.04 Å². The Morgan fingerprint density at radius 3 is 2.66 bits per heavy atom. The van der Waals surface area contributed by atoms with E-state index in [1.807, 2.05) is 11.3 Å². The summed E-state index contributed by atoms with van der Waals surface area (Å²) in [7, 11) is 1.80. The number of nitrogens with one attached hydrogen (secondary N) is 3.